The van der Waals surface area contributed by atoms with Gasteiger partial charge in [-0.05, 0) is 19.1 Å². The van der Waals surface area contributed by atoms with Crippen LogP contribution in [0.5, 0.6) is 0 Å². The Bertz CT molecular complexity index is 771. The Morgan fingerprint density at radius 2 is 2.19 bits per heavy atom. The maximum absolute atomic E-state index is 12.5. The molecule has 0 aliphatic rings. The highest BCUT2D eigenvalue weighted by Crippen LogP contribution is 2.21. The molecule has 0 aliphatic heterocycles. The third kappa shape index (κ3) is 3.40. The van der Waals surface area contributed by atoms with Crippen molar-refractivity contribution in [3.8, 4) is 0 Å². The van der Waals surface area contributed by atoms with E-state index in [0.717, 1.165) is 0 Å². The molecule has 116 valence electrons. The quantitative estimate of drug-likeness (QED) is 0.492. The lowest BCUT2D eigenvalue weighted by Gasteiger charge is -2.13. The van der Waals surface area contributed by atoms with Crippen LogP contribution in [0.1, 0.15) is 6.92 Å². The molecule has 0 spiro atoms. The van der Waals surface area contributed by atoms with E-state index in [4.69, 9.17) is 5.84 Å². The van der Waals surface area contributed by atoms with E-state index in [1.807, 2.05) is 0 Å². The van der Waals surface area contributed by atoms with Crippen LogP contribution in [0.25, 0.3) is 5.65 Å². The SMILES string of the molecule is CC(CS(C)=O)NS(=O)(=O)c1c(NN)nc2ccccn12. The number of nitrogens with one attached hydrogen (secondary N) is 2. The van der Waals surface area contributed by atoms with Gasteiger partial charge in [-0.25, -0.2) is 24.0 Å². The molecule has 0 aliphatic carbocycles. The van der Waals surface area contributed by atoms with Crippen LogP contribution in [0.3, 0.4) is 0 Å². The molecule has 21 heavy (non-hydrogen) atoms. The number of nitrogens with two attached hydrogens (primary N) is 1. The third-order valence-electron chi connectivity index (χ3n) is 2.72. The Morgan fingerprint density at radius 3 is 2.81 bits per heavy atom. The van der Waals surface area contributed by atoms with E-state index in [1.54, 1.807) is 31.3 Å². The molecule has 8 nitrogen and oxygen atoms in total. The first-order valence-corrected chi connectivity index (χ1v) is 9.32. The summed E-state index contributed by atoms with van der Waals surface area (Å²) >= 11 is 0. The summed E-state index contributed by atoms with van der Waals surface area (Å²) in [5, 5.41) is -0.0747. The Morgan fingerprint density at radius 1 is 1.48 bits per heavy atom. The molecule has 2 heterocycles. The molecule has 4 N–H and O–H groups in total. The van der Waals surface area contributed by atoms with Crippen molar-refractivity contribution in [3.05, 3.63) is 24.4 Å². The number of nitrogens with zero attached hydrogens (tertiary/aromatic N) is 2. The topological polar surface area (TPSA) is 119 Å². The van der Waals surface area contributed by atoms with Crippen LogP contribution in [0.2, 0.25) is 0 Å². The zero-order chi connectivity index (χ0) is 15.6. The standard InChI is InChI=1S/C11H17N5O3S2/c1-8(7-20(2)17)15-21(18,19)11-10(14-12)13-9-5-3-4-6-16(9)11/h3-6,8,14-15H,7,12H2,1-2H3. The number of anilines is 1. The fourth-order valence-electron chi connectivity index (χ4n) is 2.03. The highest BCUT2D eigenvalue weighted by atomic mass is 32.2. The highest BCUT2D eigenvalue weighted by Gasteiger charge is 2.26. The van der Waals surface area contributed by atoms with Gasteiger partial charge >= 0.3 is 0 Å². The summed E-state index contributed by atoms with van der Waals surface area (Å²) in [6.45, 7) is 1.65. The summed E-state index contributed by atoms with van der Waals surface area (Å²) in [7, 11) is -4.96. The molecule has 2 aromatic rings. The molecule has 2 unspecified atom stereocenters. The Labute approximate surface area is 125 Å². The number of imidazole rings is 1. The number of hydrogen-bond donors (Lipinski definition) is 3. The lowest BCUT2D eigenvalue weighted by Crippen LogP contribution is -2.37. The third-order valence-corrected chi connectivity index (χ3v) is 5.30. The van der Waals surface area contributed by atoms with Gasteiger partial charge in [0.1, 0.15) is 5.65 Å². The average molecular weight is 331 g/mol. The summed E-state index contributed by atoms with van der Waals surface area (Å²) in [5.41, 5.74) is 2.75. The number of aromatic nitrogens is 2. The van der Waals surface area contributed by atoms with Gasteiger partial charge in [0.05, 0.1) is 0 Å². The fraction of sp³-hybridized carbons (Fsp3) is 0.364. The molecule has 0 saturated carbocycles. The molecule has 2 rings (SSSR count). The lowest BCUT2D eigenvalue weighted by molar-refractivity contribution is 0.565. The summed E-state index contributed by atoms with van der Waals surface area (Å²) < 4.78 is 40.1. The van der Waals surface area contributed by atoms with Crippen LogP contribution >= 0.6 is 0 Å². The maximum Gasteiger partial charge on any atom is 0.260 e. The van der Waals surface area contributed by atoms with Crippen LogP contribution in [-0.4, -0.2) is 40.1 Å². The van der Waals surface area contributed by atoms with Crippen LogP contribution in [0.15, 0.2) is 29.4 Å². The van der Waals surface area contributed by atoms with Gasteiger partial charge in [-0.15, -0.1) is 0 Å². The predicted molar refractivity (Wildman–Crippen MR) is 81.7 cm³/mol. The zero-order valence-corrected chi connectivity index (χ0v) is 13.2. The van der Waals surface area contributed by atoms with Crippen molar-refractivity contribution in [1.82, 2.24) is 14.1 Å². The van der Waals surface area contributed by atoms with Gasteiger partial charge in [0.2, 0.25) is 0 Å². The number of nitrogen functional groups attached to an aromatic ring is 1. The molecular weight excluding hydrogens is 314 g/mol. The van der Waals surface area contributed by atoms with Crippen molar-refractivity contribution in [1.29, 1.82) is 0 Å². The minimum Gasteiger partial charge on any atom is -0.306 e. The second-order valence-corrected chi connectivity index (χ2v) is 7.71. The number of hydrogen-bond acceptors (Lipinski definition) is 6. The van der Waals surface area contributed by atoms with E-state index in [2.05, 4.69) is 15.1 Å². The van der Waals surface area contributed by atoms with Crippen molar-refractivity contribution in [2.45, 2.75) is 18.0 Å². The van der Waals surface area contributed by atoms with E-state index in [1.165, 1.54) is 10.7 Å². The normalized spacial score (nSPS) is 15.0. The van der Waals surface area contributed by atoms with Crippen molar-refractivity contribution < 1.29 is 12.6 Å². The van der Waals surface area contributed by atoms with Crippen LogP contribution in [0, 0.1) is 0 Å². The van der Waals surface area contributed by atoms with E-state index in [9.17, 15) is 12.6 Å². The van der Waals surface area contributed by atoms with E-state index in [0.29, 0.717) is 5.65 Å². The molecule has 0 fully saturated rings. The van der Waals surface area contributed by atoms with Crippen molar-refractivity contribution >= 4 is 32.3 Å². The van der Waals surface area contributed by atoms with Gasteiger partial charge < -0.3 is 5.43 Å². The molecule has 0 saturated heterocycles. The molecule has 2 aromatic heterocycles. The van der Waals surface area contributed by atoms with E-state index in [-0.39, 0.29) is 16.6 Å². The van der Waals surface area contributed by atoms with Gasteiger partial charge in [0, 0.05) is 35.0 Å². The van der Waals surface area contributed by atoms with Gasteiger partial charge in [0.15, 0.2) is 10.8 Å². The maximum atomic E-state index is 12.5. The summed E-state index contributed by atoms with van der Waals surface area (Å²) in [6, 6.07) is 4.64. The lowest BCUT2D eigenvalue weighted by atomic mass is 10.4. The number of sulfonamides is 1. The average Bonchev–Trinajstić information content (AvgIpc) is 2.75. The summed E-state index contributed by atoms with van der Waals surface area (Å²) in [4.78, 5) is 4.11. The highest BCUT2D eigenvalue weighted by molar-refractivity contribution is 7.89. The Kier molecular flexibility index (Phi) is 4.61. The first-order chi connectivity index (χ1) is 9.85. The largest absolute Gasteiger partial charge is 0.306 e. The van der Waals surface area contributed by atoms with Gasteiger partial charge in [-0.1, -0.05) is 6.07 Å². The van der Waals surface area contributed by atoms with Crippen molar-refractivity contribution in [3.63, 3.8) is 0 Å². The van der Waals surface area contributed by atoms with Crippen LogP contribution < -0.4 is 16.0 Å². The predicted octanol–water partition coefficient (Wildman–Crippen LogP) is -0.335. The molecule has 0 aromatic carbocycles. The smallest absolute Gasteiger partial charge is 0.260 e. The van der Waals surface area contributed by atoms with Crippen LogP contribution in [-0.2, 0) is 20.8 Å². The van der Waals surface area contributed by atoms with Crippen LogP contribution in [0.4, 0.5) is 5.82 Å². The minimum absolute atomic E-state index is 0.0542. The van der Waals surface area contributed by atoms with Crippen molar-refractivity contribution in [2.24, 2.45) is 5.84 Å². The van der Waals surface area contributed by atoms with Crippen molar-refractivity contribution in [2.75, 3.05) is 17.4 Å². The summed E-state index contributed by atoms with van der Waals surface area (Å²) in [6.07, 6.45) is 3.10. The summed E-state index contributed by atoms with van der Waals surface area (Å²) in [5.74, 6) is 5.63. The fourth-order valence-corrected chi connectivity index (χ4v) is 4.42. The number of pyridine rings is 1. The number of hydrazine groups is 1. The van der Waals surface area contributed by atoms with E-state index >= 15 is 0 Å². The van der Waals surface area contributed by atoms with Gasteiger partial charge in [-0.2, -0.15) is 0 Å². The Hall–Kier alpha value is -1.49. The minimum atomic E-state index is -3.86. The first-order valence-electron chi connectivity index (χ1n) is 6.11. The molecule has 0 amide bonds. The molecule has 0 radical (unpaired) electrons. The molecule has 2 atom stereocenters. The number of fused-ring (bicyclic) bond motifs is 1. The van der Waals surface area contributed by atoms with Gasteiger partial charge in [-0.3, -0.25) is 8.61 Å². The Balaban J connectivity index is 2.46. The second kappa shape index (κ2) is 6.10. The van der Waals surface area contributed by atoms with Gasteiger partial charge in [0.25, 0.3) is 10.0 Å². The molecular formula is C11H17N5O3S2. The zero-order valence-electron chi connectivity index (χ0n) is 11.6. The number of rotatable bonds is 6. The molecule has 0 bridgehead atoms. The monoisotopic (exact) mass is 331 g/mol. The first kappa shape index (κ1) is 15.9. The molecule has 10 heteroatoms. The second-order valence-electron chi connectivity index (χ2n) is 4.60. The van der Waals surface area contributed by atoms with E-state index < -0.39 is 26.9 Å².